The van der Waals surface area contributed by atoms with Crippen molar-refractivity contribution in [3.63, 3.8) is 0 Å². The van der Waals surface area contributed by atoms with Crippen LogP contribution in [0.25, 0.3) is 0 Å². The van der Waals surface area contributed by atoms with E-state index >= 15 is 0 Å². The predicted molar refractivity (Wildman–Crippen MR) is 96.4 cm³/mol. The number of hydrogen-bond donors (Lipinski definition) is 0. The number of rotatable bonds is 8. The summed E-state index contributed by atoms with van der Waals surface area (Å²) in [5, 5.41) is 2.03. The van der Waals surface area contributed by atoms with Gasteiger partial charge in [-0.05, 0) is 36.1 Å². The van der Waals surface area contributed by atoms with E-state index < -0.39 is 0 Å². The second-order valence-electron chi connectivity index (χ2n) is 5.74. The summed E-state index contributed by atoms with van der Waals surface area (Å²) < 4.78 is 13.0. The maximum atomic E-state index is 11.9. The van der Waals surface area contributed by atoms with E-state index in [1.165, 1.54) is 4.88 Å². The number of hydrogen-bond acceptors (Lipinski definition) is 5. The average molecular weight is 356 g/mol. The molecule has 5 nitrogen and oxygen atoms in total. The van der Waals surface area contributed by atoms with E-state index in [0.29, 0.717) is 13.0 Å². The molecule has 3 rings (SSSR count). The van der Waals surface area contributed by atoms with Crippen molar-refractivity contribution in [3.8, 4) is 5.75 Å². The summed E-state index contributed by atoms with van der Waals surface area (Å²) in [6.45, 7) is 2.79. The van der Waals surface area contributed by atoms with Gasteiger partial charge in [-0.15, -0.1) is 11.3 Å². The zero-order valence-electron chi connectivity index (χ0n) is 14.0. The third-order valence-corrected chi connectivity index (χ3v) is 4.63. The van der Waals surface area contributed by atoms with Crippen LogP contribution in [-0.4, -0.2) is 15.5 Å². The molecule has 130 valence electrons. The minimum Gasteiger partial charge on any atom is -0.488 e. The molecule has 6 heteroatoms. The van der Waals surface area contributed by atoms with Crippen LogP contribution in [-0.2, 0) is 22.7 Å². The molecular weight excluding hydrogens is 336 g/mol. The molecule has 0 saturated carbocycles. The maximum absolute atomic E-state index is 11.9. The quantitative estimate of drug-likeness (QED) is 0.567. The molecule has 2 aromatic heterocycles. The van der Waals surface area contributed by atoms with E-state index in [1.54, 1.807) is 23.9 Å². The minimum atomic E-state index is -0.223. The highest BCUT2D eigenvalue weighted by atomic mass is 32.1. The van der Waals surface area contributed by atoms with Crippen LogP contribution in [0.4, 0.5) is 0 Å². The van der Waals surface area contributed by atoms with Gasteiger partial charge in [0.2, 0.25) is 0 Å². The highest BCUT2D eigenvalue weighted by Gasteiger charge is 2.11. The zero-order valence-corrected chi connectivity index (χ0v) is 14.8. The Labute approximate surface area is 150 Å². The van der Waals surface area contributed by atoms with E-state index in [0.717, 1.165) is 11.3 Å². The van der Waals surface area contributed by atoms with Crippen molar-refractivity contribution in [2.45, 2.75) is 32.6 Å². The van der Waals surface area contributed by atoms with Crippen molar-refractivity contribution < 1.29 is 14.3 Å². The molecule has 0 aliphatic rings. The fourth-order valence-corrected chi connectivity index (χ4v) is 2.95. The first-order valence-corrected chi connectivity index (χ1v) is 8.96. The lowest BCUT2D eigenvalue weighted by Crippen LogP contribution is -2.12. The summed E-state index contributed by atoms with van der Waals surface area (Å²) >= 11 is 1.67. The van der Waals surface area contributed by atoms with Crippen molar-refractivity contribution in [1.82, 2.24) is 9.55 Å². The van der Waals surface area contributed by atoms with E-state index in [9.17, 15) is 4.79 Å². The molecule has 0 aliphatic carbocycles. The zero-order chi connectivity index (χ0) is 17.5. The van der Waals surface area contributed by atoms with Gasteiger partial charge >= 0.3 is 5.97 Å². The summed E-state index contributed by atoms with van der Waals surface area (Å²) in [7, 11) is 0. The Morgan fingerprint density at radius 2 is 2.08 bits per heavy atom. The van der Waals surface area contributed by atoms with Crippen LogP contribution in [0, 0.1) is 0 Å². The van der Waals surface area contributed by atoms with Crippen molar-refractivity contribution in [2.24, 2.45) is 0 Å². The van der Waals surface area contributed by atoms with Gasteiger partial charge < -0.3 is 14.0 Å². The van der Waals surface area contributed by atoms with Gasteiger partial charge in [0.25, 0.3) is 0 Å². The lowest BCUT2D eigenvalue weighted by atomic mass is 10.2. The molecule has 1 unspecified atom stereocenters. The number of carbonyl (C=O) groups is 1. The Kier molecular flexibility index (Phi) is 5.85. The normalized spacial score (nSPS) is 11.9. The van der Waals surface area contributed by atoms with E-state index in [-0.39, 0.29) is 18.6 Å². The Morgan fingerprint density at radius 3 is 2.76 bits per heavy atom. The highest BCUT2D eigenvalue weighted by Crippen LogP contribution is 2.17. The first-order valence-electron chi connectivity index (χ1n) is 8.08. The van der Waals surface area contributed by atoms with E-state index in [4.69, 9.17) is 9.47 Å². The van der Waals surface area contributed by atoms with Crippen LogP contribution >= 0.6 is 11.3 Å². The third-order valence-electron chi connectivity index (χ3n) is 3.78. The molecular formula is C19H20N2O3S. The average Bonchev–Trinajstić information content (AvgIpc) is 3.32. The van der Waals surface area contributed by atoms with Gasteiger partial charge in [0, 0.05) is 23.3 Å². The molecule has 0 N–H and O–H groups in total. The van der Waals surface area contributed by atoms with Crippen LogP contribution in [0.5, 0.6) is 5.75 Å². The molecule has 0 spiro atoms. The maximum Gasteiger partial charge on any atom is 0.308 e. The fourth-order valence-electron chi connectivity index (χ4n) is 2.33. The van der Waals surface area contributed by atoms with Gasteiger partial charge in [0.15, 0.2) is 0 Å². The molecule has 0 bridgehead atoms. The van der Waals surface area contributed by atoms with E-state index in [1.807, 2.05) is 59.5 Å². The van der Waals surface area contributed by atoms with Crippen LogP contribution in [0.2, 0.25) is 0 Å². The van der Waals surface area contributed by atoms with Gasteiger partial charge in [-0.1, -0.05) is 18.2 Å². The molecule has 0 amide bonds. The second-order valence-corrected chi connectivity index (χ2v) is 6.77. The van der Waals surface area contributed by atoms with Gasteiger partial charge in [-0.2, -0.15) is 0 Å². The number of esters is 1. The number of thiophene rings is 1. The molecule has 3 aromatic rings. The molecule has 25 heavy (non-hydrogen) atoms. The largest absolute Gasteiger partial charge is 0.488 e. The second kappa shape index (κ2) is 8.48. The first kappa shape index (κ1) is 17.2. The topological polar surface area (TPSA) is 53.4 Å². The smallest absolute Gasteiger partial charge is 0.308 e. The number of nitrogens with zero attached hydrogens (tertiary/aromatic N) is 2. The van der Waals surface area contributed by atoms with Crippen molar-refractivity contribution in [1.29, 1.82) is 0 Å². The van der Waals surface area contributed by atoms with Gasteiger partial charge in [0.1, 0.15) is 19.0 Å². The number of aromatic nitrogens is 2. The molecule has 0 aliphatic heterocycles. The fraction of sp³-hybridized carbons (Fsp3) is 0.263. The third kappa shape index (κ3) is 5.19. The number of ether oxygens (including phenoxy) is 2. The summed E-state index contributed by atoms with van der Waals surface area (Å²) in [5.74, 6) is 0.580. The first-order chi connectivity index (χ1) is 12.2. The number of benzene rings is 1. The highest BCUT2D eigenvalue weighted by molar-refractivity contribution is 7.09. The van der Waals surface area contributed by atoms with Gasteiger partial charge in [-0.3, -0.25) is 4.79 Å². The summed E-state index contributed by atoms with van der Waals surface area (Å²) in [4.78, 5) is 17.1. The Balaban J connectivity index is 1.42. The van der Waals surface area contributed by atoms with Crippen molar-refractivity contribution >= 4 is 17.3 Å². The molecule has 0 radical (unpaired) electrons. The standard InChI is InChI=1S/C19H20N2O3S/c1-15(21-9-8-20-14-21)11-19(22)24-12-16-4-6-17(7-5-16)23-13-18-3-2-10-25-18/h2-10,14-15H,11-13H2,1H3. The molecule has 0 saturated heterocycles. The summed E-state index contributed by atoms with van der Waals surface area (Å²) in [5.41, 5.74) is 0.937. The Morgan fingerprint density at radius 1 is 1.24 bits per heavy atom. The summed E-state index contributed by atoms with van der Waals surface area (Å²) in [6, 6.07) is 11.7. The van der Waals surface area contributed by atoms with Crippen LogP contribution in [0.3, 0.4) is 0 Å². The molecule has 1 atom stereocenters. The summed E-state index contributed by atoms with van der Waals surface area (Å²) in [6.07, 6.45) is 5.56. The molecule has 0 fully saturated rings. The van der Waals surface area contributed by atoms with Crippen LogP contribution in [0.1, 0.15) is 29.8 Å². The monoisotopic (exact) mass is 356 g/mol. The Hall–Kier alpha value is -2.60. The Bertz CT molecular complexity index is 768. The minimum absolute atomic E-state index is 0.0306. The van der Waals surface area contributed by atoms with Crippen molar-refractivity contribution in [3.05, 3.63) is 70.9 Å². The van der Waals surface area contributed by atoms with Crippen LogP contribution < -0.4 is 4.74 Å². The van der Waals surface area contributed by atoms with Crippen LogP contribution in [0.15, 0.2) is 60.5 Å². The van der Waals surface area contributed by atoms with Gasteiger partial charge in [-0.25, -0.2) is 4.98 Å². The van der Waals surface area contributed by atoms with Gasteiger partial charge in [0.05, 0.1) is 12.7 Å². The van der Waals surface area contributed by atoms with Crippen molar-refractivity contribution in [2.75, 3.05) is 0 Å². The number of carbonyl (C=O) groups excluding carboxylic acids is 1. The molecule has 1 aromatic carbocycles. The SMILES string of the molecule is CC(CC(=O)OCc1ccc(OCc2cccs2)cc1)n1ccnc1. The molecule has 2 heterocycles. The lowest BCUT2D eigenvalue weighted by molar-refractivity contribution is -0.145. The lowest BCUT2D eigenvalue weighted by Gasteiger charge is -2.12. The predicted octanol–water partition coefficient (Wildman–Crippen LogP) is 4.22. The number of imidazole rings is 1. The van der Waals surface area contributed by atoms with E-state index in [2.05, 4.69) is 4.98 Å².